The van der Waals surface area contributed by atoms with Crippen LogP contribution in [0.3, 0.4) is 0 Å². The summed E-state index contributed by atoms with van der Waals surface area (Å²) in [7, 11) is 2.08. The van der Waals surface area contributed by atoms with E-state index in [1.54, 1.807) is 6.07 Å². The van der Waals surface area contributed by atoms with Gasteiger partial charge >= 0.3 is 0 Å². The van der Waals surface area contributed by atoms with Crippen LogP contribution >= 0.6 is 0 Å². The van der Waals surface area contributed by atoms with Crippen molar-refractivity contribution in [2.24, 2.45) is 0 Å². The molecule has 3 nitrogen and oxygen atoms in total. The highest BCUT2D eigenvalue weighted by Gasteiger charge is 2.23. The molecule has 0 bridgehead atoms. The molecular weight excluding hydrogens is 243 g/mol. The van der Waals surface area contributed by atoms with Crippen LogP contribution in [0.15, 0.2) is 18.2 Å². The summed E-state index contributed by atoms with van der Waals surface area (Å²) in [4.78, 5) is 4.34. The number of anilines is 1. The molecule has 1 fully saturated rings. The van der Waals surface area contributed by atoms with Gasteiger partial charge in [0, 0.05) is 31.6 Å². The first kappa shape index (κ1) is 14.3. The van der Waals surface area contributed by atoms with Gasteiger partial charge in [-0.2, -0.15) is 0 Å². The highest BCUT2D eigenvalue weighted by molar-refractivity contribution is 5.50. The fraction of sp³-hybridized carbons (Fsp3) is 0.600. The van der Waals surface area contributed by atoms with E-state index >= 15 is 0 Å². The third-order valence-electron chi connectivity index (χ3n) is 3.97. The number of likely N-dealkylation sites (N-methyl/N-ethyl adjacent to an activating group) is 1. The van der Waals surface area contributed by atoms with Crippen molar-refractivity contribution >= 4 is 5.69 Å². The maximum atomic E-state index is 14.3. The molecule has 0 aliphatic carbocycles. The fourth-order valence-electron chi connectivity index (χ4n) is 2.32. The number of nitrogens with zero attached hydrogens (tertiary/aromatic N) is 2. The zero-order valence-corrected chi connectivity index (χ0v) is 12.0. The van der Waals surface area contributed by atoms with Gasteiger partial charge in [-0.15, -0.1) is 0 Å². The standard InChI is InChI=1S/C15H23FN2O/c1-15(2,11-19)12-4-5-14(13(16)10-12)18-8-6-17(3)7-9-18/h4-5,10,19H,6-9,11H2,1-3H3. The van der Waals surface area contributed by atoms with Gasteiger partial charge in [-0.05, 0) is 24.7 Å². The SMILES string of the molecule is CN1CCN(c2ccc(C(C)(C)CO)cc2F)CC1. The van der Waals surface area contributed by atoms with Crippen LogP contribution in [0.1, 0.15) is 19.4 Å². The molecule has 4 heteroatoms. The Morgan fingerprint density at radius 1 is 1.21 bits per heavy atom. The van der Waals surface area contributed by atoms with E-state index in [4.69, 9.17) is 0 Å². The van der Waals surface area contributed by atoms with Gasteiger partial charge in [-0.25, -0.2) is 4.39 Å². The third-order valence-corrected chi connectivity index (χ3v) is 3.97. The normalized spacial score (nSPS) is 17.8. The predicted molar refractivity (Wildman–Crippen MR) is 76.2 cm³/mol. The number of hydrogen-bond donors (Lipinski definition) is 1. The topological polar surface area (TPSA) is 26.7 Å². The van der Waals surface area contributed by atoms with E-state index in [0.717, 1.165) is 31.7 Å². The minimum atomic E-state index is -0.401. The summed E-state index contributed by atoms with van der Waals surface area (Å²) in [6.45, 7) is 7.48. The molecule has 0 atom stereocenters. The summed E-state index contributed by atoms with van der Waals surface area (Å²) in [5.41, 5.74) is 1.11. The Hall–Kier alpha value is -1.13. The van der Waals surface area contributed by atoms with Crippen molar-refractivity contribution in [1.82, 2.24) is 4.90 Å². The lowest BCUT2D eigenvalue weighted by Gasteiger charge is -2.34. The molecule has 106 valence electrons. The first-order valence-corrected chi connectivity index (χ1v) is 6.78. The minimum Gasteiger partial charge on any atom is -0.395 e. The summed E-state index contributed by atoms with van der Waals surface area (Å²) in [5.74, 6) is -0.191. The molecule has 0 unspecified atom stereocenters. The molecule has 1 aromatic carbocycles. The highest BCUT2D eigenvalue weighted by Crippen LogP contribution is 2.28. The first-order valence-electron chi connectivity index (χ1n) is 6.78. The van der Waals surface area contributed by atoms with Crippen molar-refractivity contribution in [2.75, 3.05) is 44.7 Å². The maximum Gasteiger partial charge on any atom is 0.146 e. The van der Waals surface area contributed by atoms with Crippen LogP contribution in [0.5, 0.6) is 0 Å². The van der Waals surface area contributed by atoms with Gasteiger partial charge in [0.15, 0.2) is 0 Å². The summed E-state index contributed by atoms with van der Waals surface area (Å²) >= 11 is 0. The monoisotopic (exact) mass is 266 g/mol. The molecule has 0 aromatic heterocycles. The molecule has 0 radical (unpaired) electrons. The Bertz CT molecular complexity index is 440. The number of rotatable bonds is 3. The van der Waals surface area contributed by atoms with Crippen molar-refractivity contribution in [3.63, 3.8) is 0 Å². The van der Waals surface area contributed by atoms with Gasteiger partial charge in [0.1, 0.15) is 5.82 Å². The molecule has 2 rings (SSSR count). The molecule has 1 aliphatic heterocycles. The Morgan fingerprint density at radius 2 is 1.84 bits per heavy atom. The van der Waals surface area contributed by atoms with E-state index < -0.39 is 5.41 Å². The number of aliphatic hydroxyl groups is 1. The van der Waals surface area contributed by atoms with Crippen LogP contribution in [0, 0.1) is 5.82 Å². The lowest BCUT2D eigenvalue weighted by molar-refractivity contribution is 0.218. The second kappa shape index (κ2) is 5.47. The Morgan fingerprint density at radius 3 is 2.37 bits per heavy atom. The number of aliphatic hydroxyl groups excluding tert-OH is 1. The largest absolute Gasteiger partial charge is 0.395 e. The predicted octanol–water partition coefficient (Wildman–Crippen LogP) is 1.85. The number of benzene rings is 1. The number of halogens is 1. The van der Waals surface area contributed by atoms with Crippen LogP contribution in [0.25, 0.3) is 0 Å². The lowest BCUT2D eigenvalue weighted by atomic mass is 9.85. The minimum absolute atomic E-state index is 0.0142. The fourth-order valence-corrected chi connectivity index (χ4v) is 2.32. The first-order chi connectivity index (χ1) is 8.94. The molecule has 1 aromatic rings. The van der Waals surface area contributed by atoms with E-state index in [1.165, 1.54) is 0 Å². The molecule has 0 spiro atoms. The van der Waals surface area contributed by atoms with E-state index in [9.17, 15) is 9.50 Å². The van der Waals surface area contributed by atoms with E-state index in [-0.39, 0.29) is 12.4 Å². The molecule has 1 heterocycles. The highest BCUT2D eigenvalue weighted by atomic mass is 19.1. The van der Waals surface area contributed by atoms with Crippen molar-refractivity contribution in [3.8, 4) is 0 Å². The number of hydrogen-bond acceptors (Lipinski definition) is 3. The zero-order valence-electron chi connectivity index (χ0n) is 12.0. The van der Waals surface area contributed by atoms with E-state index in [1.807, 2.05) is 26.0 Å². The van der Waals surface area contributed by atoms with Crippen molar-refractivity contribution < 1.29 is 9.50 Å². The molecule has 0 amide bonds. The molecule has 1 aliphatic rings. The summed E-state index contributed by atoms with van der Waals surface area (Å²) in [5, 5.41) is 9.35. The van der Waals surface area contributed by atoms with Crippen LogP contribution in [-0.4, -0.2) is 49.8 Å². The maximum absolute atomic E-state index is 14.3. The average Bonchev–Trinajstić information content (AvgIpc) is 2.40. The van der Waals surface area contributed by atoms with Gasteiger partial charge < -0.3 is 14.9 Å². The van der Waals surface area contributed by atoms with Crippen LogP contribution in [0.4, 0.5) is 10.1 Å². The second-order valence-electron chi connectivity index (χ2n) is 6.00. The Kier molecular flexibility index (Phi) is 4.11. The smallest absolute Gasteiger partial charge is 0.146 e. The number of piperazine rings is 1. The van der Waals surface area contributed by atoms with Crippen LogP contribution in [-0.2, 0) is 5.41 Å². The van der Waals surface area contributed by atoms with Gasteiger partial charge in [0.25, 0.3) is 0 Å². The molecule has 19 heavy (non-hydrogen) atoms. The quantitative estimate of drug-likeness (QED) is 0.904. The average molecular weight is 266 g/mol. The van der Waals surface area contributed by atoms with Crippen LogP contribution < -0.4 is 4.90 Å². The Balaban J connectivity index is 2.20. The molecule has 1 saturated heterocycles. The van der Waals surface area contributed by atoms with Gasteiger partial charge in [-0.1, -0.05) is 19.9 Å². The van der Waals surface area contributed by atoms with Crippen LogP contribution in [0.2, 0.25) is 0 Å². The summed E-state index contributed by atoms with van der Waals surface area (Å²) < 4.78 is 14.3. The molecular formula is C15H23FN2O. The lowest BCUT2D eigenvalue weighted by Crippen LogP contribution is -2.44. The third kappa shape index (κ3) is 3.07. The van der Waals surface area contributed by atoms with Gasteiger partial charge in [0.05, 0.1) is 12.3 Å². The Labute approximate surface area is 114 Å². The van der Waals surface area contributed by atoms with Crippen molar-refractivity contribution in [1.29, 1.82) is 0 Å². The van der Waals surface area contributed by atoms with Crippen molar-refractivity contribution in [2.45, 2.75) is 19.3 Å². The second-order valence-corrected chi connectivity index (χ2v) is 6.00. The zero-order chi connectivity index (χ0) is 14.0. The molecule has 1 N–H and O–H groups in total. The van der Waals surface area contributed by atoms with E-state index in [0.29, 0.717) is 5.69 Å². The van der Waals surface area contributed by atoms with E-state index in [2.05, 4.69) is 16.8 Å². The van der Waals surface area contributed by atoms with Gasteiger partial charge in [0.2, 0.25) is 0 Å². The summed E-state index contributed by atoms with van der Waals surface area (Å²) in [6.07, 6.45) is 0. The summed E-state index contributed by atoms with van der Waals surface area (Å²) in [6, 6.07) is 5.32. The molecule has 0 saturated carbocycles. The van der Waals surface area contributed by atoms with Gasteiger partial charge in [-0.3, -0.25) is 0 Å². The van der Waals surface area contributed by atoms with Crippen molar-refractivity contribution in [3.05, 3.63) is 29.6 Å².